The summed E-state index contributed by atoms with van der Waals surface area (Å²) in [6, 6.07) is 9.95. The van der Waals surface area contributed by atoms with E-state index < -0.39 is 5.60 Å². The van der Waals surface area contributed by atoms with Gasteiger partial charge in [0.25, 0.3) is 5.91 Å². The average Bonchev–Trinajstić information content (AvgIpc) is 3.32. The zero-order valence-electron chi connectivity index (χ0n) is 22.1. The van der Waals surface area contributed by atoms with Crippen LogP contribution in [0.1, 0.15) is 47.6 Å². The van der Waals surface area contributed by atoms with Gasteiger partial charge in [-0.2, -0.15) is 15.0 Å². The third kappa shape index (κ3) is 4.75. The molecule has 12 heteroatoms. The Kier molecular flexibility index (Phi) is 5.93. The first-order valence-electron chi connectivity index (χ1n) is 13.5. The smallest absolute Gasteiger partial charge is 0.259 e. The average molecular weight is 540 g/mol. The summed E-state index contributed by atoms with van der Waals surface area (Å²) >= 11 is 0. The van der Waals surface area contributed by atoms with Crippen LogP contribution in [0, 0.1) is 6.92 Å². The van der Waals surface area contributed by atoms with Gasteiger partial charge in [-0.1, -0.05) is 12.1 Å². The number of hydrogen-bond acceptors (Lipinski definition) is 8. The molecule has 5 heterocycles. The number of rotatable bonds is 7. The van der Waals surface area contributed by atoms with Gasteiger partial charge in [-0.25, -0.2) is 4.52 Å². The molecule has 0 bridgehead atoms. The Morgan fingerprint density at radius 2 is 1.95 bits per heavy atom. The van der Waals surface area contributed by atoms with Crippen LogP contribution >= 0.6 is 0 Å². The highest BCUT2D eigenvalue weighted by Gasteiger charge is 2.30. The number of benzene rings is 1. The predicted octanol–water partition coefficient (Wildman–Crippen LogP) is 3.29. The van der Waals surface area contributed by atoms with Crippen LogP contribution in [0.25, 0.3) is 28.0 Å². The Balaban J connectivity index is 1.12. The highest BCUT2D eigenvalue weighted by atomic mass is 16.5. The minimum Gasteiger partial charge on any atom is -0.388 e. The maximum Gasteiger partial charge on any atom is 0.259 e. The highest BCUT2D eigenvalue weighted by Crippen LogP contribution is 2.34. The van der Waals surface area contributed by atoms with E-state index in [0.29, 0.717) is 61.2 Å². The third-order valence-corrected chi connectivity index (χ3v) is 7.66. The van der Waals surface area contributed by atoms with Crippen LogP contribution in [-0.2, 0) is 11.3 Å². The number of amides is 1. The molecule has 4 aromatic heterocycles. The van der Waals surface area contributed by atoms with Gasteiger partial charge in [0.15, 0.2) is 0 Å². The molecule has 2 fully saturated rings. The molecule has 1 saturated heterocycles. The number of tetrazole rings is 1. The van der Waals surface area contributed by atoms with Crippen molar-refractivity contribution in [2.75, 3.05) is 18.5 Å². The lowest BCUT2D eigenvalue weighted by Crippen LogP contribution is -2.40. The fraction of sp³-hybridized carbons (Fsp3) is 0.357. The van der Waals surface area contributed by atoms with Crippen LogP contribution in [0.2, 0.25) is 0 Å². The maximum atomic E-state index is 13.4. The third-order valence-electron chi connectivity index (χ3n) is 7.66. The topological polar surface area (TPSA) is 137 Å². The van der Waals surface area contributed by atoms with E-state index in [4.69, 9.17) is 4.74 Å². The van der Waals surface area contributed by atoms with E-state index >= 15 is 0 Å². The van der Waals surface area contributed by atoms with Crippen LogP contribution in [0.4, 0.5) is 5.69 Å². The second-order valence-corrected chi connectivity index (χ2v) is 10.7. The molecule has 1 amide bonds. The summed E-state index contributed by atoms with van der Waals surface area (Å²) in [5.74, 6) is 0.270. The van der Waals surface area contributed by atoms with Crippen molar-refractivity contribution in [3.8, 4) is 22.5 Å². The van der Waals surface area contributed by atoms with Crippen molar-refractivity contribution in [3.05, 3.63) is 66.2 Å². The summed E-state index contributed by atoms with van der Waals surface area (Å²) in [7, 11) is 0. The number of carbonyl (C=O) groups is 1. The predicted molar refractivity (Wildman–Crippen MR) is 146 cm³/mol. The van der Waals surface area contributed by atoms with Gasteiger partial charge in [0.1, 0.15) is 0 Å². The van der Waals surface area contributed by atoms with Crippen molar-refractivity contribution in [1.29, 1.82) is 0 Å². The van der Waals surface area contributed by atoms with E-state index in [1.807, 2.05) is 49.6 Å². The number of hydrogen-bond donors (Lipinski definition) is 2. The minimum absolute atomic E-state index is 0.264. The monoisotopic (exact) mass is 539 g/mol. The van der Waals surface area contributed by atoms with E-state index in [1.54, 1.807) is 26.4 Å². The van der Waals surface area contributed by atoms with Gasteiger partial charge in [0, 0.05) is 55.3 Å². The van der Waals surface area contributed by atoms with Crippen LogP contribution in [-0.4, -0.2) is 69.4 Å². The Bertz CT molecular complexity index is 1710. The number of fused-ring (bicyclic) bond motifs is 1. The highest BCUT2D eigenvalue weighted by molar-refractivity contribution is 6.09. The van der Waals surface area contributed by atoms with Crippen molar-refractivity contribution in [2.45, 2.75) is 50.8 Å². The fourth-order valence-corrected chi connectivity index (χ4v) is 5.03. The molecule has 0 atom stereocenters. The summed E-state index contributed by atoms with van der Waals surface area (Å²) in [6.07, 6.45) is 10.4. The lowest BCUT2D eigenvalue weighted by molar-refractivity contribution is -0.0744. The first-order chi connectivity index (χ1) is 19.4. The Hall–Kier alpha value is -4.42. The maximum absolute atomic E-state index is 13.4. The summed E-state index contributed by atoms with van der Waals surface area (Å²) in [4.78, 5) is 15.1. The zero-order valence-corrected chi connectivity index (χ0v) is 22.1. The van der Waals surface area contributed by atoms with Gasteiger partial charge in [0.2, 0.25) is 5.82 Å². The van der Waals surface area contributed by atoms with Crippen LogP contribution < -0.4 is 5.32 Å². The molecule has 2 aliphatic rings. The summed E-state index contributed by atoms with van der Waals surface area (Å²) in [6.45, 7) is 3.45. The second kappa shape index (κ2) is 9.65. The van der Waals surface area contributed by atoms with Gasteiger partial charge >= 0.3 is 0 Å². The van der Waals surface area contributed by atoms with Gasteiger partial charge < -0.3 is 15.2 Å². The molecular weight excluding hydrogens is 510 g/mol. The quantitative estimate of drug-likeness (QED) is 0.321. The van der Waals surface area contributed by atoms with E-state index in [-0.39, 0.29) is 5.91 Å². The van der Waals surface area contributed by atoms with Crippen molar-refractivity contribution < 1.29 is 14.6 Å². The molecule has 5 aromatic rings. The van der Waals surface area contributed by atoms with Crippen molar-refractivity contribution >= 4 is 17.1 Å². The molecule has 1 aliphatic heterocycles. The first-order valence-corrected chi connectivity index (χ1v) is 13.5. The molecule has 7 rings (SSSR count). The van der Waals surface area contributed by atoms with Crippen molar-refractivity contribution in [2.24, 2.45) is 0 Å². The van der Waals surface area contributed by atoms with E-state index in [1.165, 1.54) is 0 Å². The standard InChI is InChI=1S/C28H29N9O3/c1-18-2-3-20(26-32-34-37(33-26)22-4-5-22)12-24(18)31-27(38)23-15-30-36-9-6-19(13-25(23)36)21-14-29-35(16-21)17-28(39)7-10-40-11-8-28/h2-3,6,9,12-16,22,39H,4-5,7-8,10-11,17H2,1H3,(H,31,38). The molecule has 1 aliphatic carbocycles. The largest absolute Gasteiger partial charge is 0.388 e. The molecule has 2 N–H and O–H groups in total. The fourth-order valence-electron chi connectivity index (χ4n) is 5.03. The molecule has 1 aromatic carbocycles. The van der Waals surface area contributed by atoms with Gasteiger partial charge in [0.05, 0.1) is 41.7 Å². The molecule has 0 spiro atoms. The number of nitrogens with zero attached hydrogens (tertiary/aromatic N) is 8. The van der Waals surface area contributed by atoms with Gasteiger partial charge in [-0.15, -0.1) is 10.2 Å². The number of nitrogens with one attached hydrogen (secondary N) is 1. The summed E-state index contributed by atoms with van der Waals surface area (Å²) in [5.41, 5.74) is 4.48. The molecule has 0 unspecified atom stereocenters. The number of aryl methyl sites for hydroxylation is 1. The number of ether oxygens (including phenoxy) is 1. The van der Waals surface area contributed by atoms with E-state index in [9.17, 15) is 9.90 Å². The van der Waals surface area contributed by atoms with Crippen LogP contribution in [0.3, 0.4) is 0 Å². The van der Waals surface area contributed by atoms with Gasteiger partial charge in [-0.3, -0.25) is 9.48 Å². The molecule has 0 radical (unpaired) electrons. The molecule has 40 heavy (non-hydrogen) atoms. The van der Waals surface area contributed by atoms with E-state index in [0.717, 1.165) is 35.1 Å². The number of aliphatic hydroxyl groups is 1. The second-order valence-electron chi connectivity index (χ2n) is 10.7. The van der Waals surface area contributed by atoms with Crippen molar-refractivity contribution in [1.82, 2.24) is 39.6 Å². The Morgan fingerprint density at radius 1 is 1.10 bits per heavy atom. The summed E-state index contributed by atoms with van der Waals surface area (Å²) in [5, 5.41) is 35.6. The van der Waals surface area contributed by atoms with Gasteiger partial charge in [-0.05, 0) is 54.3 Å². The summed E-state index contributed by atoms with van der Waals surface area (Å²) < 4.78 is 8.83. The number of pyridine rings is 1. The van der Waals surface area contributed by atoms with Crippen LogP contribution in [0.15, 0.2) is 55.1 Å². The number of aromatic nitrogens is 8. The SMILES string of the molecule is Cc1ccc(-c2nnn(C3CC3)n2)cc1NC(=O)c1cnn2ccc(-c3cnn(CC4(O)CCOCC4)c3)cc12. The lowest BCUT2D eigenvalue weighted by atomic mass is 9.94. The Labute approximate surface area is 229 Å². The van der Waals surface area contributed by atoms with Crippen LogP contribution in [0.5, 0.6) is 0 Å². The first kappa shape index (κ1) is 24.6. The zero-order chi connectivity index (χ0) is 27.3. The number of carbonyl (C=O) groups excluding carboxylic acids is 1. The minimum atomic E-state index is -0.818. The van der Waals surface area contributed by atoms with Crippen molar-refractivity contribution in [3.63, 3.8) is 0 Å². The molecule has 204 valence electrons. The van der Waals surface area contributed by atoms with E-state index in [2.05, 4.69) is 30.9 Å². The number of anilines is 1. The Morgan fingerprint density at radius 3 is 2.77 bits per heavy atom. The molecular formula is C28H29N9O3. The normalized spacial score (nSPS) is 16.9. The lowest BCUT2D eigenvalue weighted by Gasteiger charge is -2.31. The molecule has 1 saturated carbocycles. The molecule has 12 nitrogen and oxygen atoms in total.